The topological polar surface area (TPSA) is 87.7 Å². The number of ketones is 2. The van der Waals surface area contributed by atoms with Gasteiger partial charge in [-0.1, -0.05) is 36.4 Å². The van der Waals surface area contributed by atoms with Gasteiger partial charge in [-0.05, 0) is 24.5 Å². The van der Waals surface area contributed by atoms with Gasteiger partial charge in [-0.15, -0.1) is 0 Å². The van der Waals surface area contributed by atoms with E-state index in [4.69, 9.17) is 4.74 Å². The van der Waals surface area contributed by atoms with Crippen molar-refractivity contribution in [2.24, 2.45) is 0 Å². The second-order valence-corrected chi connectivity index (χ2v) is 10.4. The van der Waals surface area contributed by atoms with Crippen molar-refractivity contribution >= 4 is 17.5 Å². The molecule has 6 rings (SSSR count). The van der Waals surface area contributed by atoms with E-state index in [0.29, 0.717) is 4.48 Å². The van der Waals surface area contributed by atoms with Gasteiger partial charge in [0.2, 0.25) is 17.4 Å². The Kier molecular flexibility index (Phi) is 6.52. The Morgan fingerprint density at radius 1 is 1.13 bits per heavy atom. The smallest absolute Gasteiger partial charge is 0.251 e. The molecule has 4 atom stereocenters. The Morgan fingerprint density at radius 2 is 1.95 bits per heavy atom. The summed E-state index contributed by atoms with van der Waals surface area (Å²) in [6.45, 7) is 1.33. The van der Waals surface area contributed by atoms with Crippen LogP contribution in [0.3, 0.4) is 0 Å². The predicted molar refractivity (Wildman–Crippen MR) is 136 cm³/mol. The molecule has 0 saturated carbocycles. The van der Waals surface area contributed by atoms with Gasteiger partial charge in [0.1, 0.15) is 29.6 Å². The lowest BCUT2D eigenvalue weighted by molar-refractivity contribution is -0.864. The zero-order valence-electron chi connectivity index (χ0n) is 21.2. The monoisotopic (exact) mass is 535 g/mol. The second-order valence-electron chi connectivity index (χ2n) is 10.4. The predicted octanol–water partition coefficient (Wildman–Crippen LogP) is 2.62. The number of quaternary nitrogens is 1. The fourth-order valence-corrected chi connectivity index (χ4v) is 6.06. The minimum absolute atomic E-state index is 0.0245. The van der Waals surface area contributed by atoms with Gasteiger partial charge < -0.3 is 20.3 Å². The van der Waals surface area contributed by atoms with E-state index >= 15 is 0 Å². The fourth-order valence-electron chi connectivity index (χ4n) is 6.06. The lowest BCUT2D eigenvalue weighted by atomic mass is 9.91. The van der Waals surface area contributed by atoms with Crippen LogP contribution in [0.25, 0.3) is 0 Å². The molecule has 39 heavy (non-hydrogen) atoms. The van der Waals surface area contributed by atoms with Crippen molar-refractivity contribution in [2.75, 3.05) is 13.1 Å². The highest BCUT2D eigenvalue weighted by atomic mass is 19.1. The maximum atomic E-state index is 14.2. The highest BCUT2D eigenvalue weighted by Crippen LogP contribution is 2.41. The third-order valence-corrected chi connectivity index (χ3v) is 8.10. The number of amides is 1. The summed E-state index contributed by atoms with van der Waals surface area (Å²) in [4.78, 5) is 42.4. The molecule has 4 heterocycles. The first-order valence-corrected chi connectivity index (χ1v) is 13.2. The van der Waals surface area contributed by atoms with Crippen LogP contribution in [0.1, 0.15) is 30.4 Å². The number of benzene rings is 2. The summed E-state index contributed by atoms with van der Waals surface area (Å²) < 4.78 is 33.9. The van der Waals surface area contributed by atoms with Gasteiger partial charge in [0.25, 0.3) is 5.91 Å². The van der Waals surface area contributed by atoms with Crippen molar-refractivity contribution in [1.82, 2.24) is 15.5 Å². The Labute approximate surface area is 224 Å². The molecule has 2 aromatic carbocycles. The number of hydrogen-bond donors (Lipinski definition) is 2. The summed E-state index contributed by atoms with van der Waals surface area (Å²) in [5.74, 6) is -2.56. The number of nitrogens with zero attached hydrogens (tertiary/aromatic N) is 2. The zero-order chi connectivity index (χ0) is 27.1. The van der Waals surface area contributed by atoms with Crippen molar-refractivity contribution in [1.29, 1.82) is 0 Å². The maximum absolute atomic E-state index is 14.2. The minimum atomic E-state index is -1.46. The van der Waals surface area contributed by atoms with Crippen LogP contribution < -0.4 is 10.6 Å². The Morgan fingerprint density at radius 3 is 2.74 bits per heavy atom. The quantitative estimate of drug-likeness (QED) is 0.437. The summed E-state index contributed by atoms with van der Waals surface area (Å²) in [6.07, 6.45) is 5.22. The fraction of sp³-hybridized carbons (Fsp3) is 0.345. The van der Waals surface area contributed by atoms with E-state index in [1.165, 1.54) is 11.0 Å². The molecule has 202 valence electrons. The van der Waals surface area contributed by atoms with Crippen LogP contribution in [0.5, 0.6) is 0 Å². The largest absolute Gasteiger partial charge is 0.357 e. The van der Waals surface area contributed by atoms with Gasteiger partial charge in [0.05, 0.1) is 25.9 Å². The minimum Gasteiger partial charge on any atom is -0.357 e. The molecule has 1 amide bonds. The molecule has 0 aromatic heterocycles. The van der Waals surface area contributed by atoms with E-state index in [-0.39, 0.29) is 30.5 Å². The maximum Gasteiger partial charge on any atom is 0.251 e. The summed E-state index contributed by atoms with van der Waals surface area (Å²) >= 11 is 0. The Hall–Kier alpha value is -3.89. The van der Waals surface area contributed by atoms with Crippen LogP contribution in [0.4, 0.5) is 8.78 Å². The number of ether oxygens (including phenoxy) is 1. The van der Waals surface area contributed by atoms with Gasteiger partial charge in [-0.3, -0.25) is 14.4 Å². The molecule has 1 spiro atoms. The number of carbonyl (C=O) groups is 3. The number of fused-ring (bicyclic) bond motifs is 1. The van der Waals surface area contributed by atoms with Crippen LogP contribution in [0.2, 0.25) is 0 Å². The van der Waals surface area contributed by atoms with Crippen LogP contribution in [-0.2, 0) is 32.3 Å². The molecule has 3 fully saturated rings. The molecule has 0 aliphatic carbocycles. The Bertz CT molecular complexity index is 1390. The van der Waals surface area contributed by atoms with Crippen LogP contribution in [0, 0.1) is 11.6 Å². The molecule has 2 aromatic rings. The molecule has 0 bridgehead atoms. The van der Waals surface area contributed by atoms with Crippen molar-refractivity contribution < 1.29 is 32.4 Å². The summed E-state index contributed by atoms with van der Waals surface area (Å²) in [7, 11) is 0. The van der Waals surface area contributed by atoms with Crippen molar-refractivity contribution in [3.63, 3.8) is 0 Å². The number of carbonyl (C=O) groups excluding carboxylic acids is 3. The SMILES string of the molecule is O=C1C2=C[N@+]34CCCCC3CNC4=CN2C(C(=O)NCc2ccc(F)cc2F)C(=O)C1OCc1ccccc1. The van der Waals surface area contributed by atoms with Gasteiger partial charge in [0.15, 0.2) is 12.1 Å². The van der Waals surface area contributed by atoms with Gasteiger partial charge in [-0.25, -0.2) is 13.3 Å². The first-order chi connectivity index (χ1) is 18.9. The highest BCUT2D eigenvalue weighted by molar-refractivity contribution is 6.23. The molecule has 8 nitrogen and oxygen atoms in total. The first kappa shape index (κ1) is 25.4. The number of rotatable bonds is 6. The number of hydrogen-bond acceptors (Lipinski definition) is 6. The molecular formula is C29H29F2N4O4+. The van der Waals surface area contributed by atoms with Crippen LogP contribution in [0.15, 0.2) is 72.4 Å². The van der Waals surface area contributed by atoms with Gasteiger partial charge in [0, 0.05) is 24.6 Å². The average Bonchev–Trinajstić information content (AvgIpc) is 3.31. The van der Waals surface area contributed by atoms with E-state index < -0.39 is 41.3 Å². The van der Waals surface area contributed by atoms with Crippen molar-refractivity contribution in [2.45, 2.75) is 50.6 Å². The molecule has 3 saturated heterocycles. The molecule has 4 aliphatic rings. The van der Waals surface area contributed by atoms with Crippen LogP contribution in [-0.4, -0.2) is 58.1 Å². The lowest BCUT2D eigenvalue weighted by Gasteiger charge is -2.45. The van der Waals surface area contributed by atoms with Gasteiger partial charge >= 0.3 is 0 Å². The number of halogens is 2. The normalized spacial score (nSPS) is 27.5. The molecule has 4 aliphatic heterocycles. The summed E-state index contributed by atoms with van der Waals surface area (Å²) in [6, 6.07) is 11.1. The highest BCUT2D eigenvalue weighted by Gasteiger charge is 2.56. The van der Waals surface area contributed by atoms with E-state index in [9.17, 15) is 23.2 Å². The van der Waals surface area contributed by atoms with Crippen molar-refractivity contribution in [3.8, 4) is 0 Å². The molecule has 0 radical (unpaired) electrons. The van der Waals surface area contributed by atoms with E-state index in [1.807, 2.05) is 36.5 Å². The van der Waals surface area contributed by atoms with Crippen molar-refractivity contribution in [3.05, 3.63) is 95.2 Å². The average molecular weight is 536 g/mol. The summed E-state index contributed by atoms with van der Waals surface area (Å²) in [5.41, 5.74) is 1.11. The van der Waals surface area contributed by atoms with Gasteiger partial charge in [-0.2, -0.15) is 0 Å². The van der Waals surface area contributed by atoms with E-state index in [2.05, 4.69) is 10.6 Å². The Balaban J connectivity index is 1.32. The standard InChI is InChI=1S/C29H28F2N4O4/c30-20-10-9-19(22(31)12-20)13-33-29(38)25-27(37)28(39-17-18-6-2-1-3-7-18)26(36)23-16-35-11-5-4-8-21(35)14-32-24(35)15-34(23)25/h1-3,6-7,9-10,12,15-16,21,25,28,32H,4-5,8,11,13-14,17H2/p+1/t21?,25?,28?,35-/m1/s1. The third-order valence-electron chi connectivity index (χ3n) is 8.10. The first-order valence-electron chi connectivity index (χ1n) is 13.2. The number of nitrogens with one attached hydrogen (secondary N) is 2. The number of piperidine rings is 2. The lowest BCUT2D eigenvalue weighted by Crippen LogP contribution is -2.63. The second kappa shape index (κ2) is 10.0. The summed E-state index contributed by atoms with van der Waals surface area (Å²) in [5, 5.41) is 6.02. The molecule has 10 heteroatoms. The molecule has 3 unspecified atom stereocenters. The zero-order valence-corrected chi connectivity index (χ0v) is 21.2. The molecule has 2 N–H and O–H groups in total. The molecular weight excluding hydrogens is 506 g/mol. The van der Waals surface area contributed by atoms with Crippen LogP contribution >= 0.6 is 0 Å². The number of Topliss-reactive ketones (excluding diaryl/α,β-unsaturated/α-hetero) is 2. The van der Waals surface area contributed by atoms with E-state index in [1.54, 1.807) is 6.20 Å². The third kappa shape index (κ3) is 4.43. The van der Waals surface area contributed by atoms with E-state index in [0.717, 1.165) is 55.9 Å².